The number of aromatic nitrogens is 2. The van der Waals surface area contributed by atoms with Crippen molar-refractivity contribution < 1.29 is 4.84 Å². The predicted octanol–water partition coefficient (Wildman–Crippen LogP) is 1.57. The van der Waals surface area contributed by atoms with E-state index in [1.807, 2.05) is 29.9 Å². The van der Waals surface area contributed by atoms with Gasteiger partial charge in [0.05, 0.1) is 17.8 Å². The summed E-state index contributed by atoms with van der Waals surface area (Å²) in [4.78, 5) is 4.69. The molecule has 0 aliphatic heterocycles. The monoisotopic (exact) mass is 205 g/mol. The zero-order chi connectivity index (χ0) is 10.8. The second kappa shape index (κ2) is 4.00. The minimum atomic E-state index is 0.243. The van der Waals surface area contributed by atoms with Gasteiger partial charge in [0, 0.05) is 18.4 Å². The lowest BCUT2D eigenvalue weighted by Crippen LogP contribution is -2.12. The second-order valence-electron chi connectivity index (χ2n) is 3.76. The van der Waals surface area contributed by atoms with Gasteiger partial charge in [0.15, 0.2) is 0 Å². The van der Waals surface area contributed by atoms with Crippen LogP contribution >= 0.6 is 0 Å². The van der Waals surface area contributed by atoms with Gasteiger partial charge in [0.25, 0.3) is 0 Å². The lowest BCUT2D eigenvalue weighted by molar-refractivity contribution is 0.125. The second-order valence-corrected chi connectivity index (χ2v) is 3.76. The summed E-state index contributed by atoms with van der Waals surface area (Å²) in [5.41, 5.74) is 2.18. The van der Waals surface area contributed by atoms with Crippen LogP contribution in [0.2, 0.25) is 0 Å². The van der Waals surface area contributed by atoms with E-state index >= 15 is 0 Å². The highest BCUT2D eigenvalue weighted by atomic mass is 16.6. The summed E-state index contributed by atoms with van der Waals surface area (Å²) >= 11 is 0. The van der Waals surface area contributed by atoms with Gasteiger partial charge in [-0.05, 0) is 6.07 Å². The fraction of sp³-hybridized carbons (Fsp3) is 0.364. The van der Waals surface area contributed by atoms with E-state index in [-0.39, 0.29) is 5.92 Å². The van der Waals surface area contributed by atoms with Crippen LogP contribution in [0, 0.1) is 0 Å². The Balaban J connectivity index is 2.53. The molecule has 0 bridgehead atoms. The Labute approximate surface area is 88.6 Å². The van der Waals surface area contributed by atoms with Crippen molar-refractivity contribution in [3.8, 4) is 0 Å². The van der Waals surface area contributed by atoms with Gasteiger partial charge in [0.2, 0.25) is 0 Å². The van der Waals surface area contributed by atoms with Crippen LogP contribution in [0.4, 0.5) is 0 Å². The quantitative estimate of drug-likeness (QED) is 0.774. The summed E-state index contributed by atoms with van der Waals surface area (Å²) in [6, 6.07) is 8.09. The summed E-state index contributed by atoms with van der Waals surface area (Å²) < 4.78 is 1.90. The molecular formula is C11H15N3O. The van der Waals surface area contributed by atoms with Crippen molar-refractivity contribution in [2.75, 3.05) is 6.61 Å². The van der Waals surface area contributed by atoms with Crippen molar-refractivity contribution in [1.82, 2.24) is 9.78 Å². The molecule has 0 spiro atoms. The van der Waals surface area contributed by atoms with Crippen molar-refractivity contribution >= 4 is 10.9 Å². The lowest BCUT2D eigenvalue weighted by atomic mass is 10.0. The first-order valence-corrected chi connectivity index (χ1v) is 4.97. The van der Waals surface area contributed by atoms with Gasteiger partial charge in [-0.3, -0.25) is 4.68 Å². The molecule has 1 aromatic carbocycles. The zero-order valence-corrected chi connectivity index (χ0v) is 8.97. The van der Waals surface area contributed by atoms with Crippen LogP contribution in [0.25, 0.3) is 10.9 Å². The number of fused-ring (bicyclic) bond motifs is 1. The Morgan fingerprint density at radius 3 is 2.93 bits per heavy atom. The molecule has 2 N–H and O–H groups in total. The number of aryl methyl sites for hydroxylation is 1. The summed E-state index contributed by atoms with van der Waals surface area (Å²) in [7, 11) is 1.95. The number of nitrogens with zero attached hydrogens (tertiary/aromatic N) is 2. The maximum atomic E-state index is 5.10. The van der Waals surface area contributed by atoms with E-state index in [1.54, 1.807) is 0 Å². The molecule has 2 rings (SSSR count). The summed E-state index contributed by atoms with van der Waals surface area (Å²) in [5, 5.41) is 5.61. The van der Waals surface area contributed by atoms with Crippen LogP contribution in [-0.4, -0.2) is 16.4 Å². The van der Waals surface area contributed by atoms with Crippen LogP contribution in [0.1, 0.15) is 18.5 Å². The molecule has 0 radical (unpaired) electrons. The zero-order valence-electron chi connectivity index (χ0n) is 8.97. The molecule has 0 aliphatic carbocycles. The van der Waals surface area contributed by atoms with Gasteiger partial charge < -0.3 is 4.84 Å². The van der Waals surface area contributed by atoms with Gasteiger partial charge in [-0.25, -0.2) is 5.90 Å². The maximum absolute atomic E-state index is 5.10. The number of hydrogen-bond donors (Lipinski definition) is 1. The Morgan fingerprint density at radius 2 is 2.20 bits per heavy atom. The van der Waals surface area contributed by atoms with Crippen molar-refractivity contribution in [3.63, 3.8) is 0 Å². The fourth-order valence-corrected chi connectivity index (χ4v) is 1.97. The Morgan fingerprint density at radius 1 is 1.47 bits per heavy atom. The standard InChI is InChI=1S/C11H15N3O/c1-8(7-15-12)11-9-5-3-4-6-10(9)13-14(11)2/h3-6,8H,7,12H2,1-2H3. The highest BCUT2D eigenvalue weighted by Crippen LogP contribution is 2.24. The molecule has 1 heterocycles. The number of hydrogen-bond acceptors (Lipinski definition) is 3. The first-order valence-electron chi connectivity index (χ1n) is 4.97. The van der Waals surface area contributed by atoms with E-state index in [2.05, 4.69) is 18.1 Å². The molecule has 0 saturated carbocycles. The minimum absolute atomic E-state index is 0.243. The van der Waals surface area contributed by atoms with E-state index in [1.165, 1.54) is 5.39 Å². The van der Waals surface area contributed by atoms with Gasteiger partial charge in [0.1, 0.15) is 0 Å². The lowest BCUT2D eigenvalue weighted by Gasteiger charge is -2.10. The molecule has 1 aromatic heterocycles. The number of rotatable bonds is 3. The van der Waals surface area contributed by atoms with Crippen LogP contribution in [0.15, 0.2) is 24.3 Å². The van der Waals surface area contributed by atoms with Crippen LogP contribution in [0.3, 0.4) is 0 Å². The fourth-order valence-electron chi connectivity index (χ4n) is 1.97. The molecule has 4 heteroatoms. The average molecular weight is 205 g/mol. The first kappa shape index (κ1) is 10.1. The van der Waals surface area contributed by atoms with Crippen molar-refractivity contribution in [2.45, 2.75) is 12.8 Å². The van der Waals surface area contributed by atoms with Gasteiger partial charge >= 0.3 is 0 Å². The molecule has 4 nitrogen and oxygen atoms in total. The third-order valence-electron chi connectivity index (χ3n) is 2.60. The van der Waals surface area contributed by atoms with Gasteiger partial charge in [-0.2, -0.15) is 5.10 Å². The highest BCUT2D eigenvalue weighted by molar-refractivity contribution is 5.81. The molecule has 0 fully saturated rings. The van der Waals surface area contributed by atoms with Crippen LogP contribution in [0.5, 0.6) is 0 Å². The molecule has 1 unspecified atom stereocenters. The maximum Gasteiger partial charge on any atom is 0.0926 e. The third kappa shape index (κ3) is 1.73. The number of nitrogens with two attached hydrogens (primary N) is 1. The van der Waals surface area contributed by atoms with E-state index in [0.717, 1.165) is 11.2 Å². The SMILES string of the molecule is CC(CON)c1c2ccccc2nn1C. The Hall–Kier alpha value is -1.39. The molecule has 1 atom stereocenters. The van der Waals surface area contributed by atoms with Gasteiger partial charge in [-0.15, -0.1) is 0 Å². The third-order valence-corrected chi connectivity index (χ3v) is 2.60. The number of benzene rings is 1. The van der Waals surface area contributed by atoms with Gasteiger partial charge in [-0.1, -0.05) is 25.1 Å². The van der Waals surface area contributed by atoms with E-state index in [0.29, 0.717) is 6.61 Å². The summed E-state index contributed by atoms with van der Waals surface area (Å²) in [6.07, 6.45) is 0. The van der Waals surface area contributed by atoms with E-state index in [4.69, 9.17) is 10.7 Å². The molecule has 0 saturated heterocycles. The Bertz CT molecular complexity index is 464. The minimum Gasteiger partial charge on any atom is -0.304 e. The smallest absolute Gasteiger partial charge is 0.0926 e. The molecule has 15 heavy (non-hydrogen) atoms. The average Bonchev–Trinajstić information content (AvgIpc) is 2.54. The normalized spacial score (nSPS) is 13.3. The summed E-state index contributed by atoms with van der Waals surface area (Å²) in [5.74, 6) is 5.34. The topological polar surface area (TPSA) is 53.1 Å². The Kier molecular flexibility index (Phi) is 2.70. The molecular weight excluding hydrogens is 190 g/mol. The van der Waals surface area contributed by atoms with Crippen LogP contribution in [-0.2, 0) is 11.9 Å². The summed E-state index contributed by atoms with van der Waals surface area (Å²) in [6.45, 7) is 2.58. The molecule has 0 aliphatic rings. The van der Waals surface area contributed by atoms with E-state index < -0.39 is 0 Å². The highest BCUT2D eigenvalue weighted by Gasteiger charge is 2.14. The molecule has 0 amide bonds. The van der Waals surface area contributed by atoms with Crippen molar-refractivity contribution in [1.29, 1.82) is 0 Å². The largest absolute Gasteiger partial charge is 0.304 e. The van der Waals surface area contributed by atoms with E-state index in [9.17, 15) is 0 Å². The first-order chi connectivity index (χ1) is 7.24. The van der Waals surface area contributed by atoms with Crippen molar-refractivity contribution in [3.05, 3.63) is 30.0 Å². The molecule has 80 valence electrons. The molecule has 2 aromatic rings. The van der Waals surface area contributed by atoms with Crippen LogP contribution < -0.4 is 5.90 Å². The van der Waals surface area contributed by atoms with Crippen molar-refractivity contribution in [2.24, 2.45) is 12.9 Å². The predicted molar refractivity (Wildman–Crippen MR) is 59.3 cm³/mol.